The zero-order valence-corrected chi connectivity index (χ0v) is 13.9. The van der Waals surface area contributed by atoms with E-state index in [-0.39, 0.29) is 0 Å². The Morgan fingerprint density at radius 2 is 1.86 bits per heavy atom. The highest BCUT2D eigenvalue weighted by atomic mass is 15.1. The van der Waals surface area contributed by atoms with Crippen LogP contribution in [0.4, 0.5) is 0 Å². The Labute approximate surface area is 130 Å². The Morgan fingerprint density at radius 1 is 1.14 bits per heavy atom. The molecule has 0 unspecified atom stereocenters. The summed E-state index contributed by atoms with van der Waals surface area (Å²) in [6.45, 7) is 9.55. The molecule has 2 rings (SSSR count). The molecule has 1 aromatic carbocycles. The molecule has 1 aromatic rings. The molecule has 21 heavy (non-hydrogen) atoms. The molecule has 0 bridgehead atoms. The van der Waals surface area contributed by atoms with Gasteiger partial charge in [0, 0.05) is 12.6 Å². The maximum atomic E-state index is 3.74. The number of nitrogens with zero attached hydrogens (tertiary/aromatic N) is 1. The summed E-state index contributed by atoms with van der Waals surface area (Å²) >= 11 is 0. The molecule has 1 heterocycles. The molecule has 1 N–H and O–H groups in total. The van der Waals surface area contributed by atoms with E-state index in [2.05, 4.69) is 54.4 Å². The third-order valence-electron chi connectivity index (χ3n) is 4.54. The molecule has 0 aliphatic carbocycles. The van der Waals surface area contributed by atoms with E-state index >= 15 is 0 Å². The maximum absolute atomic E-state index is 3.74. The van der Waals surface area contributed by atoms with E-state index in [9.17, 15) is 0 Å². The molecule has 0 amide bonds. The van der Waals surface area contributed by atoms with E-state index in [4.69, 9.17) is 0 Å². The van der Waals surface area contributed by atoms with Crippen LogP contribution in [0.3, 0.4) is 0 Å². The molecule has 1 aliphatic rings. The van der Waals surface area contributed by atoms with Gasteiger partial charge in [-0.25, -0.2) is 0 Å². The highest BCUT2D eigenvalue weighted by Gasteiger charge is 2.18. The van der Waals surface area contributed by atoms with Crippen molar-refractivity contribution in [1.29, 1.82) is 0 Å². The average molecular weight is 288 g/mol. The molecular formula is C19H32N2. The van der Waals surface area contributed by atoms with E-state index in [1.54, 1.807) is 0 Å². The van der Waals surface area contributed by atoms with Crippen LogP contribution >= 0.6 is 0 Å². The van der Waals surface area contributed by atoms with Crippen LogP contribution in [-0.4, -0.2) is 37.1 Å². The molecular weight excluding hydrogens is 256 g/mol. The molecule has 1 saturated heterocycles. The first-order valence-electron chi connectivity index (χ1n) is 8.73. The first-order chi connectivity index (χ1) is 10.2. The van der Waals surface area contributed by atoms with Gasteiger partial charge in [0.25, 0.3) is 0 Å². The van der Waals surface area contributed by atoms with E-state index < -0.39 is 0 Å². The number of hydrogen-bond acceptors (Lipinski definition) is 2. The van der Waals surface area contributed by atoms with Gasteiger partial charge in [0.15, 0.2) is 0 Å². The van der Waals surface area contributed by atoms with Gasteiger partial charge in [-0.2, -0.15) is 0 Å². The number of piperidine rings is 1. The topological polar surface area (TPSA) is 15.3 Å². The quantitative estimate of drug-likeness (QED) is 0.733. The Morgan fingerprint density at radius 3 is 2.52 bits per heavy atom. The van der Waals surface area contributed by atoms with Gasteiger partial charge in [-0.05, 0) is 63.2 Å². The monoisotopic (exact) mass is 288 g/mol. The lowest BCUT2D eigenvalue weighted by atomic mass is 10.0. The van der Waals surface area contributed by atoms with Crippen LogP contribution in [0.25, 0.3) is 0 Å². The average Bonchev–Trinajstić information content (AvgIpc) is 2.51. The molecule has 1 aliphatic heterocycles. The van der Waals surface area contributed by atoms with Gasteiger partial charge in [0.1, 0.15) is 0 Å². The van der Waals surface area contributed by atoms with E-state index in [1.165, 1.54) is 63.8 Å². The standard InChI is InChI=1S/C19H32N2/c1-17(2)7-6-13-20-19-11-15-21(16-12-19)14-10-18-8-4-3-5-9-18/h3-5,8-9,17,19-20H,6-7,10-16H2,1-2H3. The second-order valence-electron chi connectivity index (χ2n) is 6.84. The lowest BCUT2D eigenvalue weighted by molar-refractivity contribution is 0.199. The second-order valence-corrected chi connectivity index (χ2v) is 6.84. The summed E-state index contributed by atoms with van der Waals surface area (Å²) in [4.78, 5) is 2.62. The zero-order valence-electron chi connectivity index (χ0n) is 13.9. The van der Waals surface area contributed by atoms with Gasteiger partial charge in [-0.3, -0.25) is 0 Å². The summed E-state index contributed by atoms with van der Waals surface area (Å²) in [6.07, 6.45) is 6.50. The fourth-order valence-electron chi connectivity index (χ4n) is 3.11. The SMILES string of the molecule is CC(C)CCCNC1CCN(CCc2ccccc2)CC1. The summed E-state index contributed by atoms with van der Waals surface area (Å²) in [5.41, 5.74) is 1.46. The van der Waals surface area contributed by atoms with Crippen molar-refractivity contribution in [3.63, 3.8) is 0 Å². The molecule has 118 valence electrons. The fraction of sp³-hybridized carbons (Fsp3) is 0.684. The summed E-state index contributed by atoms with van der Waals surface area (Å²) in [7, 11) is 0. The smallest absolute Gasteiger partial charge is 0.00914 e. The molecule has 2 heteroatoms. The third-order valence-corrected chi connectivity index (χ3v) is 4.54. The van der Waals surface area contributed by atoms with Crippen LogP contribution in [-0.2, 0) is 6.42 Å². The summed E-state index contributed by atoms with van der Waals surface area (Å²) in [5.74, 6) is 0.839. The Bertz CT molecular complexity index is 366. The van der Waals surface area contributed by atoms with Crippen molar-refractivity contribution >= 4 is 0 Å². The van der Waals surface area contributed by atoms with Gasteiger partial charge < -0.3 is 10.2 Å². The van der Waals surface area contributed by atoms with Gasteiger partial charge in [0.05, 0.1) is 0 Å². The van der Waals surface area contributed by atoms with Gasteiger partial charge >= 0.3 is 0 Å². The largest absolute Gasteiger partial charge is 0.314 e. The normalized spacial score (nSPS) is 17.5. The predicted molar refractivity (Wildman–Crippen MR) is 91.7 cm³/mol. The van der Waals surface area contributed by atoms with Gasteiger partial charge in [0.2, 0.25) is 0 Å². The van der Waals surface area contributed by atoms with E-state index in [1.807, 2.05) is 0 Å². The maximum Gasteiger partial charge on any atom is 0.00914 e. The Hall–Kier alpha value is -0.860. The van der Waals surface area contributed by atoms with Crippen LogP contribution in [0.5, 0.6) is 0 Å². The van der Waals surface area contributed by atoms with Crippen molar-refractivity contribution in [2.75, 3.05) is 26.2 Å². The number of likely N-dealkylation sites (tertiary alicyclic amines) is 1. The van der Waals surface area contributed by atoms with E-state index in [0.29, 0.717) is 0 Å². The van der Waals surface area contributed by atoms with Crippen molar-refractivity contribution in [1.82, 2.24) is 10.2 Å². The molecule has 0 atom stereocenters. The molecule has 0 saturated carbocycles. The molecule has 0 aromatic heterocycles. The lowest BCUT2D eigenvalue weighted by Crippen LogP contribution is -2.43. The minimum atomic E-state index is 0.755. The Balaban J connectivity index is 1.56. The molecule has 1 fully saturated rings. The van der Waals surface area contributed by atoms with Crippen LogP contribution in [0.2, 0.25) is 0 Å². The minimum Gasteiger partial charge on any atom is -0.314 e. The third kappa shape index (κ3) is 6.62. The fourth-order valence-corrected chi connectivity index (χ4v) is 3.11. The second kappa shape index (κ2) is 9.22. The molecule has 0 radical (unpaired) electrons. The lowest BCUT2D eigenvalue weighted by Gasteiger charge is -2.32. The van der Waals surface area contributed by atoms with Crippen LogP contribution < -0.4 is 5.32 Å². The number of hydrogen-bond donors (Lipinski definition) is 1. The van der Waals surface area contributed by atoms with Crippen molar-refractivity contribution in [3.8, 4) is 0 Å². The summed E-state index contributed by atoms with van der Waals surface area (Å²) in [6, 6.07) is 11.6. The molecule has 0 spiro atoms. The summed E-state index contributed by atoms with van der Waals surface area (Å²) in [5, 5.41) is 3.74. The summed E-state index contributed by atoms with van der Waals surface area (Å²) < 4.78 is 0. The van der Waals surface area contributed by atoms with Gasteiger partial charge in [-0.15, -0.1) is 0 Å². The first kappa shape index (κ1) is 16.5. The Kier molecular flexibility index (Phi) is 7.25. The number of nitrogens with one attached hydrogen (secondary N) is 1. The van der Waals surface area contributed by atoms with Gasteiger partial charge in [-0.1, -0.05) is 44.2 Å². The highest BCUT2D eigenvalue weighted by molar-refractivity contribution is 5.14. The van der Waals surface area contributed by atoms with E-state index in [0.717, 1.165) is 12.0 Å². The van der Waals surface area contributed by atoms with Crippen LogP contribution in [0, 0.1) is 5.92 Å². The molecule has 2 nitrogen and oxygen atoms in total. The van der Waals surface area contributed by atoms with Crippen LogP contribution in [0.1, 0.15) is 45.1 Å². The van der Waals surface area contributed by atoms with Crippen LogP contribution in [0.15, 0.2) is 30.3 Å². The zero-order chi connectivity index (χ0) is 14.9. The first-order valence-corrected chi connectivity index (χ1v) is 8.73. The highest BCUT2D eigenvalue weighted by Crippen LogP contribution is 2.12. The predicted octanol–water partition coefficient (Wildman–Crippen LogP) is 3.72. The van der Waals surface area contributed by atoms with Crippen molar-refractivity contribution in [2.45, 2.75) is 52.0 Å². The number of rotatable bonds is 8. The number of benzene rings is 1. The van der Waals surface area contributed by atoms with Crippen molar-refractivity contribution in [3.05, 3.63) is 35.9 Å². The minimum absolute atomic E-state index is 0.755. The van der Waals surface area contributed by atoms with Crippen molar-refractivity contribution in [2.24, 2.45) is 5.92 Å². The van der Waals surface area contributed by atoms with Crippen molar-refractivity contribution < 1.29 is 0 Å².